The lowest BCUT2D eigenvalue weighted by molar-refractivity contribution is 0.615. The van der Waals surface area contributed by atoms with Crippen LogP contribution in [-0.2, 0) is 6.42 Å². The van der Waals surface area contributed by atoms with Gasteiger partial charge in [0.2, 0.25) is 0 Å². The van der Waals surface area contributed by atoms with E-state index in [-0.39, 0.29) is 6.04 Å². The highest BCUT2D eigenvalue weighted by atomic mass is 14.6. The van der Waals surface area contributed by atoms with Gasteiger partial charge in [-0.05, 0) is 49.8 Å². The number of nitrogens with two attached hydrogens (primary N) is 1. The molecule has 0 saturated carbocycles. The average molecular weight is 189 g/mol. The molecule has 0 spiro atoms. The van der Waals surface area contributed by atoms with E-state index in [2.05, 4.69) is 26.0 Å². The molecule has 1 aliphatic carbocycles. The Morgan fingerprint density at radius 1 is 1.21 bits per heavy atom. The van der Waals surface area contributed by atoms with Crippen LogP contribution in [0.2, 0.25) is 0 Å². The summed E-state index contributed by atoms with van der Waals surface area (Å²) in [5.41, 5.74) is 11.9. The molecule has 1 aromatic carbocycles. The van der Waals surface area contributed by atoms with Gasteiger partial charge in [0.25, 0.3) is 0 Å². The van der Waals surface area contributed by atoms with Gasteiger partial charge in [-0.1, -0.05) is 24.1 Å². The maximum atomic E-state index is 6.18. The highest BCUT2D eigenvalue weighted by Crippen LogP contribution is 2.29. The maximum absolute atomic E-state index is 6.18. The van der Waals surface area contributed by atoms with E-state index in [4.69, 9.17) is 5.73 Å². The summed E-state index contributed by atoms with van der Waals surface area (Å²) in [6, 6.07) is 4.82. The standard InChI is InChI=1S/C13H19N/c1-9-7-10(2)11-5-3-4-6-13(14)12(11)8-9/h7-8,13H,3-6,14H2,1-2H3/t13-/m1/s1. The topological polar surface area (TPSA) is 26.0 Å². The Hall–Kier alpha value is -0.820. The molecule has 0 unspecified atom stereocenters. The second-order valence-corrected chi connectivity index (χ2v) is 4.50. The lowest BCUT2D eigenvalue weighted by Crippen LogP contribution is -2.11. The van der Waals surface area contributed by atoms with Crippen molar-refractivity contribution in [1.82, 2.24) is 0 Å². The summed E-state index contributed by atoms with van der Waals surface area (Å²) in [4.78, 5) is 0. The zero-order chi connectivity index (χ0) is 10.1. The molecule has 0 bridgehead atoms. The molecule has 0 heterocycles. The van der Waals surface area contributed by atoms with E-state index >= 15 is 0 Å². The van der Waals surface area contributed by atoms with E-state index in [0.29, 0.717) is 0 Å². The summed E-state index contributed by atoms with van der Waals surface area (Å²) < 4.78 is 0. The van der Waals surface area contributed by atoms with Crippen LogP contribution in [0.3, 0.4) is 0 Å². The number of fused-ring (bicyclic) bond motifs is 1. The van der Waals surface area contributed by atoms with Gasteiger partial charge in [0, 0.05) is 6.04 Å². The Bertz CT molecular complexity index is 341. The van der Waals surface area contributed by atoms with E-state index in [1.807, 2.05) is 0 Å². The van der Waals surface area contributed by atoms with Gasteiger partial charge in [-0.15, -0.1) is 0 Å². The van der Waals surface area contributed by atoms with Crippen molar-refractivity contribution in [3.05, 3.63) is 34.4 Å². The summed E-state index contributed by atoms with van der Waals surface area (Å²) in [6.45, 7) is 4.37. The first-order valence-corrected chi connectivity index (χ1v) is 5.54. The molecule has 14 heavy (non-hydrogen) atoms. The van der Waals surface area contributed by atoms with Gasteiger partial charge in [-0.25, -0.2) is 0 Å². The molecule has 0 saturated heterocycles. The molecule has 2 rings (SSSR count). The zero-order valence-electron chi connectivity index (χ0n) is 9.14. The molecule has 0 aliphatic heterocycles. The SMILES string of the molecule is Cc1cc(C)c2c(c1)[C@H](N)CCCC2. The Morgan fingerprint density at radius 2 is 2.00 bits per heavy atom. The van der Waals surface area contributed by atoms with Gasteiger partial charge < -0.3 is 5.73 Å². The van der Waals surface area contributed by atoms with E-state index in [0.717, 1.165) is 6.42 Å². The third-order valence-corrected chi connectivity index (χ3v) is 3.24. The summed E-state index contributed by atoms with van der Waals surface area (Å²) in [7, 11) is 0. The van der Waals surface area contributed by atoms with Crippen LogP contribution < -0.4 is 5.73 Å². The molecule has 0 amide bonds. The van der Waals surface area contributed by atoms with E-state index in [1.165, 1.54) is 41.5 Å². The molecule has 1 aliphatic rings. The minimum atomic E-state index is 0.270. The Morgan fingerprint density at radius 3 is 2.79 bits per heavy atom. The van der Waals surface area contributed by atoms with Crippen LogP contribution in [0, 0.1) is 13.8 Å². The van der Waals surface area contributed by atoms with Crippen molar-refractivity contribution in [2.24, 2.45) is 5.73 Å². The molecule has 0 radical (unpaired) electrons. The second kappa shape index (κ2) is 3.74. The van der Waals surface area contributed by atoms with Gasteiger partial charge in [-0.2, -0.15) is 0 Å². The highest BCUT2D eigenvalue weighted by Gasteiger charge is 2.16. The van der Waals surface area contributed by atoms with Gasteiger partial charge in [0.1, 0.15) is 0 Å². The third-order valence-electron chi connectivity index (χ3n) is 3.24. The van der Waals surface area contributed by atoms with Gasteiger partial charge >= 0.3 is 0 Å². The van der Waals surface area contributed by atoms with Crippen LogP contribution in [-0.4, -0.2) is 0 Å². The number of aryl methyl sites for hydroxylation is 2. The smallest absolute Gasteiger partial charge is 0.0297 e. The van der Waals surface area contributed by atoms with Crippen LogP contribution in [0.5, 0.6) is 0 Å². The fourth-order valence-electron chi connectivity index (χ4n) is 2.52. The Kier molecular flexibility index (Phi) is 2.60. The lowest BCUT2D eigenvalue weighted by Gasteiger charge is -2.15. The molecule has 76 valence electrons. The molecule has 1 aromatic rings. The molecular weight excluding hydrogens is 170 g/mol. The minimum Gasteiger partial charge on any atom is -0.324 e. The van der Waals surface area contributed by atoms with Crippen molar-refractivity contribution in [2.75, 3.05) is 0 Å². The van der Waals surface area contributed by atoms with Crippen molar-refractivity contribution in [3.8, 4) is 0 Å². The summed E-state index contributed by atoms with van der Waals surface area (Å²) >= 11 is 0. The van der Waals surface area contributed by atoms with Gasteiger partial charge in [0.05, 0.1) is 0 Å². The number of hydrogen-bond donors (Lipinski definition) is 1. The summed E-state index contributed by atoms with van der Waals surface area (Å²) in [5.74, 6) is 0. The summed E-state index contributed by atoms with van der Waals surface area (Å²) in [6.07, 6.45) is 4.93. The third kappa shape index (κ3) is 1.69. The highest BCUT2D eigenvalue weighted by molar-refractivity contribution is 5.40. The molecule has 0 fully saturated rings. The number of rotatable bonds is 0. The average Bonchev–Trinajstić information content (AvgIpc) is 2.29. The number of hydrogen-bond acceptors (Lipinski definition) is 1. The van der Waals surface area contributed by atoms with Crippen molar-refractivity contribution >= 4 is 0 Å². The predicted molar refractivity (Wildman–Crippen MR) is 60.4 cm³/mol. The van der Waals surface area contributed by atoms with Gasteiger partial charge in [-0.3, -0.25) is 0 Å². The van der Waals surface area contributed by atoms with Crippen molar-refractivity contribution < 1.29 is 0 Å². The Balaban J connectivity index is 2.53. The zero-order valence-corrected chi connectivity index (χ0v) is 9.14. The van der Waals surface area contributed by atoms with Crippen LogP contribution in [0.1, 0.15) is 47.6 Å². The largest absolute Gasteiger partial charge is 0.324 e. The molecule has 2 N–H and O–H groups in total. The van der Waals surface area contributed by atoms with Crippen molar-refractivity contribution in [2.45, 2.75) is 45.6 Å². The first-order chi connectivity index (χ1) is 6.68. The van der Waals surface area contributed by atoms with Crippen LogP contribution >= 0.6 is 0 Å². The van der Waals surface area contributed by atoms with Crippen LogP contribution in [0.15, 0.2) is 12.1 Å². The normalized spacial score (nSPS) is 21.5. The quantitative estimate of drug-likeness (QED) is 0.624. The van der Waals surface area contributed by atoms with Gasteiger partial charge in [0.15, 0.2) is 0 Å². The van der Waals surface area contributed by atoms with E-state index in [9.17, 15) is 0 Å². The molecular formula is C13H19N. The van der Waals surface area contributed by atoms with Crippen LogP contribution in [0.4, 0.5) is 0 Å². The molecule has 0 aromatic heterocycles. The molecule has 1 nitrogen and oxygen atoms in total. The first kappa shape index (κ1) is 9.72. The summed E-state index contributed by atoms with van der Waals surface area (Å²) in [5, 5.41) is 0. The number of benzene rings is 1. The Labute approximate surface area is 86.3 Å². The van der Waals surface area contributed by atoms with E-state index < -0.39 is 0 Å². The van der Waals surface area contributed by atoms with Crippen LogP contribution in [0.25, 0.3) is 0 Å². The first-order valence-electron chi connectivity index (χ1n) is 5.54. The predicted octanol–water partition coefficient (Wildman–Crippen LogP) is 3.03. The molecule has 1 heteroatoms. The van der Waals surface area contributed by atoms with Crippen molar-refractivity contribution in [3.63, 3.8) is 0 Å². The van der Waals surface area contributed by atoms with Crippen molar-refractivity contribution in [1.29, 1.82) is 0 Å². The second-order valence-electron chi connectivity index (χ2n) is 4.50. The fraction of sp³-hybridized carbons (Fsp3) is 0.538. The lowest BCUT2D eigenvalue weighted by atomic mass is 9.93. The fourth-order valence-corrected chi connectivity index (χ4v) is 2.52. The minimum absolute atomic E-state index is 0.270. The van der Waals surface area contributed by atoms with E-state index in [1.54, 1.807) is 0 Å². The monoisotopic (exact) mass is 189 g/mol. The molecule has 1 atom stereocenters. The maximum Gasteiger partial charge on any atom is 0.0297 e.